The van der Waals surface area contributed by atoms with Gasteiger partial charge in [-0.15, -0.1) is 11.6 Å². The van der Waals surface area contributed by atoms with Crippen LogP contribution in [0.5, 0.6) is 5.88 Å². The highest BCUT2D eigenvalue weighted by atomic mass is 35.5. The molecule has 1 unspecified atom stereocenters. The molecule has 0 radical (unpaired) electrons. The van der Waals surface area contributed by atoms with Crippen LogP contribution in [0, 0.1) is 0 Å². The van der Waals surface area contributed by atoms with Gasteiger partial charge in [0.1, 0.15) is 6.61 Å². The Kier molecular flexibility index (Phi) is 5.30. The van der Waals surface area contributed by atoms with E-state index in [-0.39, 0.29) is 5.38 Å². The Bertz CT molecular complexity index is 243. The van der Waals surface area contributed by atoms with Gasteiger partial charge in [0.25, 0.3) is 0 Å². The fourth-order valence-corrected chi connectivity index (χ4v) is 1.26. The van der Waals surface area contributed by atoms with Gasteiger partial charge in [-0.2, -0.15) is 0 Å². The molecule has 0 bridgehead atoms. The maximum atomic E-state index is 6.04. The first-order valence-electron chi connectivity index (χ1n) is 4.85. The lowest BCUT2D eigenvalue weighted by atomic mass is 10.2. The van der Waals surface area contributed by atoms with Crippen molar-refractivity contribution in [3.63, 3.8) is 0 Å². The maximum Gasteiger partial charge on any atom is 0.232 e. The summed E-state index contributed by atoms with van der Waals surface area (Å²) in [5.41, 5.74) is 0. The topological polar surface area (TPSA) is 35.0 Å². The number of halogens is 1. The summed E-state index contributed by atoms with van der Waals surface area (Å²) in [6, 6.07) is 0. The smallest absolute Gasteiger partial charge is 0.232 e. The number of rotatable bonds is 6. The summed E-state index contributed by atoms with van der Waals surface area (Å²) in [5.74, 6) is 0.537. The fourth-order valence-electron chi connectivity index (χ4n) is 1.04. The third-order valence-corrected chi connectivity index (χ3v) is 2.17. The molecule has 14 heavy (non-hydrogen) atoms. The van der Waals surface area contributed by atoms with Crippen LogP contribution in [-0.2, 0) is 0 Å². The minimum atomic E-state index is 0.0666. The summed E-state index contributed by atoms with van der Waals surface area (Å²) in [5, 5.41) is 0.0666. The lowest BCUT2D eigenvalue weighted by molar-refractivity contribution is 0.296. The molecule has 0 aliphatic rings. The van der Waals surface area contributed by atoms with Gasteiger partial charge >= 0.3 is 0 Å². The molecule has 0 aromatic carbocycles. The molecule has 0 aliphatic carbocycles. The normalized spacial score (nSPS) is 12.4. The molecule has 1 rings (SSSR count). The summed E-state index contributed by atoms with van der Waals surface area (Å²) >= 11 is 6.04. The molecule has 1 atom stereocenters. The Labute approximate surface area is 89.5 Å². The van der Waals surface area contributed by atoms with Crippen molar-refractivity contribution in [1.29, 1.82) is 0 Å². The van der Waals surface area contributed by atoms with E-state index in [0.717, 1.165) is 19.3 Å². The van der Waals surface area contributed by atoms with Gasteiger partial charge in [-0.1, -0.05) is 19.8 Å². The number of nitrogens with zero attached hydrogens (tertiary/aromatic N) is 2. The van der Waals surface area contributed by atoms with E-state index in [1.54, 1.807) is 18.6 Å². The monoisotopic (exact) mass is 214 g/mol. The van der Waals surface area contributed by atoms with Crippen LogP contribution in [0.3, 0.4) is 0 Å². The molecule has 1 aromatic rings. The van der Waals surface area contributed by atoms with Gasteiger partial charge in [0, 0.05) is 12.4 Å². The summed E-state index contributed by atoms with van der Waals surface area (Å²) < 4.78 is 5.36. The van der Waals surface area contributed by atoms with Crippen molar-refractivity contribution in [3.8, 4) is 5.88 Å². The standard InChI is InChI=1S/C10H15ClN2O/c1-2-3-4-9(11)8-14-10-7-12-5-6-13-10/h5-7,9H,2-4,8H2,1H3. The average Bonchev–Trinajstić information content (AvgIpc) is 2.25. The van der Waals surface area contributed by atoms with Crippen molar-refractivity contribution in [1.82, 2.24) is 9.97 Å². The van der Waals surface area contributed by atoms with Gasteiger partial charge in [0.15, 0.2) is 0 Å². The number of unbranched alkanes of at least 4 members (excludes halogenated alkanes) is 1. The first-order valence-corrected chi connectivity index (χ1v) is 5.29. The van der Waals surface area contributed by atoms with Crippen LogP contribution in [0.25, 0.3) is 0 Å². The van der Waals surface area contributed by atoms with Crippen molar-refractivity contribution in [2.24, 2.45) is 0 Å². The van der Waals surface area contributed by atoms with E-state index in [4.69, 9.17) is 16.3 Å². The molecule has 0 saturated carbocycles. The van der Waals surface area contributed by atoms with E-state index in [9.17, 15) is 0 Å². The van der Waals surface area contributed by atoms with Crippen LogP contribution in [0.4, 0.5) is 0 Å². The summed E-state index contributed by atoms with van der Waals surface area (Å²) in [6.07, 6.45) is 8.08. The lowest BCUT2D eigenvalue weighted by Crippen LogP contribution is -2.12. The Morgan fingerprint density at radius 2 is 2.36 bits per heavy atom. The molecule has 3 nitrogen and oxygen atoms in total. The van der Waals surface area contributed by atoms with E-state index >= 15 is 0 Å². The van der Waals surface area contributed by atoms with Crippen molar-refractivity contribution in [2.75, 3.05) is 6.61 Å². The van der Waals surface area contributed by atoms with E-state index in [1.807, 2.05) is 0 Å². The van der Waals surface area contributed by atoms with Crippen LogP contribution in [0.2, 0.25) is 0 Å². The highest BCUT2D eigenvalue weighted by Crippen LogP contribution is 2.09. The highest BCUT2D eigenvalue weighted by molar-refractivity contribution is 6.20. The first-order chi connectivity index (χ1) is 6.83. The quantitative estimate of drug-likeness (QED) is 0.683. The van der Waals surface area contributed by atoms with Gasteiger partial charge < -0.3 is 4.74 Å². The first kappa shape index (κ1) is 11.2. The summed E-state index contributed by atoms with van der Waals surface area (Å²) in [6.45, 7) is 2.65. The zero-order chi connectivity index (χ0) is 10.2. The van der Waals surface area contributed by atoms with E-state index < -0.39 is 0 Å². The fraction of sp³-hybridized carbons (Fsp3) is 0.600. The van der Waals surface area contributed by atoms with Gasteiger partial charge in [0.2, 0.25) is 5.88 Å². The second-order valence-corrected chi connectivity index (χ2v) is 3.71. The van der Waals surface area contributed by atoms with Crippen molar-refractivity contribution in [3.05, 3.63) is 18.6 Å². The number of aromatic nitrogens is 2. The predicted molar refractivity (Wildman–Crippen MR) is 56.7 cm³/mol. The third-order valence-electron chi connectivity index (χ3n) is 1.82. The molecular formula is C10H15ClN2O. The van der Waals surface area contributed by atoms with Crippen LogP contribution >= 0.6 is 11.6 Å². The molecule has 0 saturated heterocycles. The van der Waals surface area contributed by atoms with Crippen LogP contribution in [0.1, 0.15) is 26.2 Å². The van der Waals surface area contributed by atoms with Crippen molar-refractivity contribution >= 4 is 11.6 Å². The van der Waals surface area contributed by atoms with Crippen LogP contribution in [-0.4, -0.2) is 22.0 Å². The number of hydrogen-bond acceptors (Lipinski definition) is 3. The van der Waals surface area contributed by atoms with E-state index in [2.05, 4.69) is 16.9 Å². The Morgan fingerprint density at radius 1 is 1.50 bits per heavy atom. The molecule has 0 N–H and O–H groups in total. The Balaban J connectivity index is 2.20. The molecule has 4 heteroatoms. The minimum Gasteiger partial charge on any atom is -0.475 e. The van der Waals surface area contributed by atoms with Crippen LogP contribution in [0.15, 0.2) is 18.6 Å². The predicted octanol–water partition coefficient (Wildman–Crippen LogP) is 2.65. The van der Waals surface area contributed by atoms with Crippen molar-refractivity contribution in [2.45, 2.75) is 31.6 Å². The minimum absolute atomic E-state index is 0.0666. The zero-order valence-corrected chi connectivity index (χ0v) is 9.07. The molecule has 78 valence electrons. The van der Waals surface area contributed by atoms with E-state index in [0.29, 0.717) is 12.5 Å². The van der Waals surface area contributed by atoms with Gasteiger partial charge in [-0.25, -0.2) is 4.98 Å². The molecule has 0 aliphatic heterocycles. The van der Waals surface area contributed by atoms with Gasteiger partial charge in [0.05, 0.1) is 11.6 Å². The molecule has 0 amide bonds. The average molecular weight is 215 g/mol. The number of ether oxygens (including phenoxy) is 1. The second kappa shape index (κ2) is 6.60. The summed E-state index contributed by atoms with van der Waals surface area (Å²) in [4.78, 5) is 7.88. The molecule has 0 fully saturated rings. The maximum absolute atomic E-state index is 6.04. The Hall–Kier alpha value is -0.830. The Morgan fingerprint density at radius 3 is 3.00 bits per heavy atom. The third kappa shape index (κ3) is 4.42. The van der Waals surface area contributed by atoms with Gasteiger partial charge in [-0.3, -0.25) is 4.98 Å². The molecular weight excluding hydrogens is 200 g/mol. The lowest BCUT2D eigenvalue weighted by Gasteiger charge is -2.09. The number of alkyl halides is 1. The zero-order valence-electron chi connectivity index (χ0n) is 8.32. The summed E-state index contributed by atoms with van der Waals surface area (Å²) in [7, 11) is 0. The largest absolute Gasteiger partial charge is 0.475 e. The molecule has 0 spiro atoms. The second-order valence-electron chi connectivity index (χ2n) is 3.09. The van der Waals surface area contributed by atoms with E-state index in [1.165, 1.54) is 0 Å². The van der Waals surface area contributed by atoms with Gasteiger partial charge in [-0.05, 0) is 6.42 Å². The van der Waals surface area contributed by atoms with Crippen LogP contribution < -0.4 is 4.74 Å². The SMILES string of the molecule is CCCCC(Cl)COc1cnccn1. The van der Waals surface area contributed by atoms with Crippen molar-refractivity contribution < 1.29 is 4.74 Å². The number of hydrogen-bond donors (Lipinski definition) is 0. The molecule has 1 heterocycles. The molecule has 1 aromatic heterocycles. The highest BCUT2D eigenvalue weighted by Gasteiger charge is 2.05.